The van der Waals surface area contributed by atoms with Crippen LogP contribution in [0.5, 0.6) is 0 Å². The fourth-order valence-electron chi connectivity index (χ4n) is 3.56. The van der Waals surface area contributed by atoms with Crippen LogP contribution in [0.1, 0.15) is 25.5 Å². The second-order valence-corrected chi connectivity index (χ2v) is 6.65. The summed E-state index contributed by atoms with van der Waals surface area (Å²) in [5, 5.41) is 21.4. The van der Waals surface area contributed by atoms with Crippen LogP contribution in [-0.4, -0.2) is 59.2 Å². The Bertz CT molecular complexity index is 748. The lowest BCUT2D eigenvalue weighted by Gasteiger charge is -2.53. The molecule has 0 radical (unpaired) electrons. The number of halogens is 6. The smallest absolute Gasteiger partial charge is 0.432 e. The number of furan rings is 1. The topological polar surface area (TPSA) is 118 Å². The first-order chi connectivity index (χ1) is 14.2. The second-order valence-electron chi connectivity index (χ2n) is 6.65. The maximum atomic E-state index is 13.9. The number of hydrogen-bond donors (Lipinski definition) is 3. The molecule has 1 aromatic rings. The summed E-state index contributed by atoms with van der Waals surface area (Å²) >= 11 is 0. The first kappa shape index (κ1) is 24.9. The Hall–Kier alpha value is -2.32. The predicted molar refractivity (Wildman–Crippen MR) is 86.8 cm³/mol. The van der Waals surface area contributed by atoms with Gasteiger partial charge in [-0.15, -0.1) is 0 Å². The zero-order chi connectivity index (χ0) is 23.8. The quantitative estimate of drug-likeness (QED) is 0.447. The third-order valence-electron chi connectivity index (χ3n) is 4.82. The first-order valence-corrected chi connectivity index (χ1v) is 8.89. The number of rotatable bonds is 5. The molecule has 0 amide bonds. The summed E-state index contributed by atoms with van der Waals surface area (Å²) < 4.78 is 97.1. The van der Waals surface area contributed by atoms with Crippen molar-refractivity contribution in [3.8, 4) is 0 Å². The zero-order valence-electron chi connectivity index (χ0n) is 16.1. The summed E-state index contributed by atoms with van der Waals surface area (Å²) in [7, 11) is 0. The van der Waals surface area contributed by atoms with Crippen molar-refractivity contribution in [2.45, 2.75) is 43.6 Å². The van der Waals surface area contributed by atoms with Crippen LogP contribution in [0, 0.1) is 11.8 Å². The third kappa shape index (κ3) is 4.11. The van der Waals surface area contributed by atoms with Crippen molar-refractivity contribution in [1.82, 2.24) is 5.32 Å². The molecule has 8 nitrogen and oxygen atoms in total. The highest BCUT2D eigenvalue weighted by Crippen LogP contribution is 2.55. The lowest BCUT2D eigenvalue weighted by molar-refractivity contribution is -0.377. The summed E-state index contributed by atoms with van der Waals surface area (Å²) in [5.41, 5.74) is -9.33. The summed E-state index contributed by atoms with van der Waals surface area (Å²) in [6.07, 6.45) is -11.0. The summed E-state index contributed by atoms with van der Waals surface area (Å²) in [6, 6.07) is 1.96. The molecule has 0 bridgehead atoms. The molecule has 2 rings (SSSR count). The van der Waals surface area contributed by atoms with Crippen molar-refractivity contribution >= 4 is 11.9 Å². The Morgan fingerprint density at radius 2 is 1.42 bits per heavy atom. The Kier molecular flexibility index (Phi) is 6.69. The molecule has 3 N–H and O–H groups in total. The number of esters is 2. The highest BCUT2D eigenvalue weighted by Gasteiger charge is 2.79. The van der Waals surface area contributed by atoms with Crippen LogP contribution in [0.2, 0.25) is 0 Å². The standard InChI is InChI=1S/C17H19F6NO7/c1-3-29-12(25)10-9(8-6-5-7-31-8)11(13(26)30-4-2)15(28,17(21,22)23)24-14(10,27)16(18,19)20/h5-7,9-11,24,27-28H,3-4H2,1-2H3/t9?,10-,11+,14?,15?. The van der Waals surface area contributed by atoms with Crippen molar-refractivity contribution < 1.29 is 60.0 Å². The molecule has 5 atom stereocenters. The SMILES string of the molecule is CCOC(=O)[C@@H]1C(c2ccco2)[C@H](C(=O)OCC)C(O)(C(F)(F)F)NC1(O)C(F)(F)F. The van der Waals surface area contributed by atoms with Gasteiger partial charge in [-0.2, -0.15) is 26.3 Å². The monoisotopic (exact) mass is 463 g/mol. The number of aliphatic hydroxyl groups is 2. The molecule has 1 aromatic heterocycles. The van der Waals surface area contributed by atoms with Crippen LogP contribution in [0.15, 0.2) is 22.8 Å². The average Bonchev–Trinajstić information content (AvgIpc) is 3.13. The minimum Gasteiger partial charge on any atom is -0.469 e. The number of alkyl halides is 6. The van der Waals surface area contributed by atoms with Crippen LogP contribution >= 0.6 is 0 Å². The molecule has 1 fully saturated rings. The van der Waals surface area contributed by atoms with Crippen molar-refractivity contribution in [2.75, 3.05) is 13.2 Å². The molecule has 176 valence electrons. The molecular weight excluding hydrogens is 444 g/mol. The summed E-state index contributed by atoms with van der Waals surface area (Å²) in [6.45, 7) is 1.42. The fourth-order valence-corrected chi connectivity index (χ4v) is 3.56. The number of hydrogen-bond acceptors (Lipinski definition) is 8. The van der Waals surface area contributed by atoms with Crippen molar-refractivity contribution in [3.05, 3.63) is 24.2 Å². The van der Waals surface area contributed by atoms with Crippen LogP contribution in [-0.2, 0) is 19.1 Å². The van der Waals surface area contributed by atoms with Gasteiger partial charge in [0.1, 0.15) is 17.6 Å². The van der Waals surface area contributed by atoms with Gasteiger partial charge < -0.3 is 24.1 Å². The van der Waals surface area contributed by atoms with E-state index in [1.54, 1.807) is 0 Å². The van der Waals surface area contributed by atoms with E-state index in [0.29, 0.717) is 5.32 Å². The highest BCUT2D eigenvalue weighted by molar-refractivity contribution is 5.81. The van der Waals surface area contributed by atoms with E-state index in [1.165, 1.54) is 13.8 Å². The van der Waals surface area contributed by atoms with E-state index in [-0.39, 0.29) is 0 Å². The lowest BCUT2D eigenvalue weighted by atomic mass is 9.65. The minimum atomic E-state index is -5.94. The van der Waals surface area contributed by atoms with Crippen LogP contribution < -0.4 is 5.32 Å². The molecule has 1 aliphatic rings. The Labute approximate surface area is 171 Å². The molecule has 31 heavy (non-hydrogen) atoms. The summed E-state index contributed by atoms with van der Waals surface area (Å²) in [4.78, 5) is 24.9. The number of carbonyl (C=O) groups excluding carboxylic acids is 2. The van der Waals surface area contributed by atoms with E-state index >= 15 is 0 Å². The number of ether oxygens (including phenoxy) is 2. The zero-order valence-corrected chi connectivity index (χ0v) is 16.1. The van der Waals surface area contributed by atoms with Crippen molar-refractivity contribution in [1.29, 1.82) is 0 Å². The van der Waals surface area contributed by atoms with E-state index in [4.69, 9.17) is 4.42 Å². The maximum Gasteiger partial charge on any atom is 0.432 e. The van der Waals surface area contributed by atoms with E-state index < -0.39 is 72.5 Å². The van der Waals surface area contributed by atoms with E-state index in [9.17, 15) is 46.1 Å². The van der Waals surface area contributed by atoms with Gasteiger partial charge >= 0.3 is 24.3 Å². The van der Waals surface area contributed by atoms with Gasteiger partial charge in [0.05, 0.1) is 25.4 Å². The largest absolute Gasteiger partial charge is 0.469 e. The average molecular weight is 463 g/mol. The van der Waals surface area contributed by atoms with Crippen LogP contribution in [0.3, 0.4) is 0 Å². The normalized spacial score (nSPS) is 31.9. The highest BCUT2D eigenvalue weighted by atomic mass is 19.4. The first-order valence-electron chi connectivity index (χ1n) is 8.89. The second kappa shape index (κ2) is 8.31. The Morgan fingerprint density at radius 3 is 1.71 bits per heavy atom. The van der Waals surface area contributed by atoms with Crippen molar-refractivity contribution in [2.24, 2.45) is 11.8 Å². The minimum absolute atomic E-state index is 0.498. The number of carbonyl (C=O) groups is 2. The molecular formula is C17H19F6NO7. The van der Waals surface area contributed by atoms with Gasteiger partial charge in [-0.3, -0.25) is 9.59 Å². The van der Waals surface area contributed by atoms with Gasteiger partial charge in [0.2, 0.25) is 11.4 Å². The fraction of sp³-hybridized carbons (Fsp3) is 0.647. The number of nitrogens with one attached hydrogen (secondary N) is 1. The van der Waals surface area contributed by atoms with Gasteiger partial charge in [0, 0.05) is 0 Å². The molecule has 0 spiro atoms. The van der Waals surface area contributed by atoms with Gasteiger partial charge in [0.15, 0.2) is 0 Å². The molecule has 0 saturated carbocycles. The van der Waals surface area contributed by atoms with E-state index in [1.807, 2.05) is 0 Å². The van der Waals surface area contributed by atoms with Gasteiger partial charge in [-0.05, 0) is 26.0 Å². The molecule has 0 aliphatic carbocycles. The van der Waals surface area contributed by atoms with Gasteiger partial charge in [0.25, 0.3) is 0 Å². The van der Waals surface area contributed by atoms with E-state index in [2.05, 4.69) is 9.47 Å². The number of piperidine rings is 1. The lowest BCUT2D eigenvalue weighted by Crippen LogP contribution is -2.81. The Balaban J connectivity index is 2.89. The molecule has 1 aliphatic heterocycles. The molecule has 0 aromatic carbocycles. The van der Waals surface area contributed by atoms with Crippen LogP contribution in [0.25, 0.3) is 0 Å². The molecule has 2 heterocycles. The Morgan fingerprint density at radius 1 is 1.00 bits per heavy atom. The molecule has 14 heteroatoms. The van der Waals surface area contributed by atoms with Crippen molar-refractivity contribution in [3.63, 3.8) is 0 Å². The molecule has 3 unspecified atom stereocenters. The maximum absolute atomic E-state index is 13.9. The third-order valence-corrected chi connectivity index (χ3v) is 4.82. The van der Waals surface area contributed by atoms with Crippen LogP contribution in [0.4, 0.5) is 26.3 Å². The van der Waals surface area contributed by atoms with Gasteiger partial charge in [-0.1, -0.05) is 0 Å². The molecule has 1 saturated heterocycles. The summed E-state index contributed by atoms with van der Waals surface area (Å²) in [5.74, 6) is -12.5. The van der Waals surface area contributed by atoms with Gasteiger partial charge in [-0.25, -0.2) is 5.32 Å². The predicted octanol–water partition coefficient (Wildman–Crippen LogP) is 1.83. The van der Waals surface area contributed by atoms with E-state index in [0.717, 1.165) is 18.4 Å².